The predicted molar refractivity (Wildman–Crippen MR) is 137 cm³/mol. The van der Waals surface area contributed by atoms with Gasteiger partial charge in [0.2, 0.25) is 11.8 Å². The number of thioether (sulfide) groups is 1. The van der Waals surface area contributed by atoms with E-state index in [0.29, 0.717) is 19.5 Å². The highest BCUT2D eigenvalue weighted by Crippen LogP contribution is 2.61. The van der Waals surface area contributed by atoms with Gasteiger partial charge in [-0.25, -0.2) is 0 Å². The van der Waals surface area contributed by atoms with Crippen molar-refractivity contribution < 1.29 is 19.5 Å². The molecule has 0 aliphatic carbocycles. The highest BCUT2D eigenvalue weighted by molar-refractivity contribution is 8.02. The zero-order valence-electron chi connectivity index (χ0n) is 20.7. The Kier molecular flexibility index (Phi) is 6.08. The number of amides is 3. The molecule has 0 bridgehead atoms. The largest absolute Gasteiger partial charge is 0.394 e. The molecule has 1 N–H and O–H groups in total. The molecule has 2 saturated heterocycles. The number of nitrogens with zero attached hydrogens (tertiary/aromatic N) is 3. The number of rotatable bonds is 4. The summed E-state index contributed by atoms with van der Waals surface area (Å²) in [6.07, 6.45) is 8.55. The maximum Gasteiger partial charge on any atom is 0.251 e. The zero-order chi connectivity index (χ0) is 25.1. The second-order valence-electron chi connectivity index (χ2n) is 10.1. The maximum atomic E-state index is 14.4. The van der Waals surface area contributed by atoms with Crippen molar-refractivity contribution in [3.05, 3.63) is 53.6 Å². The van der Waals surface area contributed by atoms with Crippen LogP contribution in [0.5, 0.6) is 0 Å². The Morgan fingerprint density at radius 2 is 1.89 bits per heavy atom. The number of carbonyl (C=O) groups is 3. The molecule has 186 valence electrons. The lowest BCUT2D eigenvalue weighted by Crippen LogP contribution is -2.56. The van der Waals surface area contributed by atoms with E-state index in [9.17, 15) is 19.5 Å². The SMILES string of the molecule is CC[C@@H](CO)N1C(=O)[C@@H]2[C@H]3C(=O)N(C)CC=C[C@H]3S[C@@]23C=CCN(c2cc(C)ccc2C)C(=O)C13. The van der Waals surface area contributed by atoms with Crippen LogP contribution in [-0.4, -0.2) is 81.5 Å². The van der Waals surface area contributed by atoms with Crippen molar-refractivity contribution in [1.29, 1.82) is 0 Å². The molecule has 5 rings (SSSR count). The highest BCUT2D eigenvalue weighted by atomic mass is 32.2. The number of aliphatic hydroxyl groups excluding tert-OH is 1. The Bertz CT molecular complexity index is 1130. The van der Waals surface area contributed by atoms with Crippen LogP contribution in [-0.2, 0) is 14.4 Å². The fraction of sp³-hybridized carbons (Fsp3) is 0.519. The first kappa shape index (κ1) is 24.1. The molecule has 1 spiro atoms. The van der Waals surface area contributed by atoms with Crippen molar-refractivity contribution in [2.24, 2.45) is 11.8 Å². The van der Waals surface area contributed by atoms with Gasteiger partial charge in [0.05, 0.1) is 29.2 Å². The topological polar surface area (TPSA) is 81.2 Å². The third-order valence-electron chi connectivity index (χ3n) is 8.03. The van der Waals surface area contributed by atoms with E-state index in [1.165, 1.54) is 0 Å². The molecule has 35 heavy (non-hydrogen) atoms. The van der Waals surface area contributed by atoms with Gasteiger partial charge in [-0.1, -0.05) is 43.4 Å². The van der Waals surface area contributed by atoms with Crippen LogP contribution >= 0.6 is 11.8 Å². The number of benzene rings is 1. The molecular weight excluding hydrogens is 462 g/mol. The van der Waals surface area contributed by atoms with Gasteiger partial charge in [-0.2, -0.15) is 0 Å². The van der Waals surface area contributed by atoms with E-state index in [4.69, 9.17) is 0 Å². The maximum absolute atomic E-state index is 14.4. The van der Waals surface area contributed by atoms with Crippen molar-refractivity contribution in [2.75, 3.05) is 31.6 Å². The third kappa shape index (κ3) is 3.48. The summed E-state index contributed by atoms with van der Waals surface area (Å²) in [7, 11) is 1.76. The number of aliphatic hydroxyl groups is 1. The molecule has 1 aromatic rings. The molecule has 4 aliphatic heterocycles. The van der Waals surface area contributed by atoms with Crippen LogP contribution in [0.2, 0.25) is 0 Å². The lowest BCUT2D eigenvalue weighted by molar-refractivity contribution is -0.144. The normalized spacial score (nSPS) is 32.9. The zero-order valence-corrected chi connectivity index (χ0v) is 21.5. The molecule has 0 aromatic heterocycles. The number of hydrogen-bond donors (Lipinski definition) is 1. The van der Waals surface area contributed by atoms with Crippen molar-refractivity contribution in [3.63, 3.8) is 0 Å². The van der Waals surface area contributed by atoms with Gasteiger partial charge < -0.3 is 19.8 Å². The van der Waals surface area contributed by atoms with Crippen molar-refractivity contribution in [1.82, 2.24) is 9.80 Å². The van der Waals surface area contributed by atoms with E-state index < -0.39 is 28.7 Å². The second kappa shape index (κ2) is 8.82. The summed E-state index contributed by atoms with van der Waals surface area (Å²) >= 11 is 1.57. The van der Waals surface area contributed by atoms with Crippen LogP contribution in [0, 0.1) is 25.7 Å². The van der Waals surface area contributed by atoms with E-state index >= 15 is 0 Å². The number of aryl methyl sites for hydroxylation is 2. The quantitative estimate of drug-likeness (QED) is 0.649. The molecule has 0 radical (unpaired) electrons. The second-order valence-corrected chi connectivity index (χ2v) is 11.6. The molecule has 2 fully saturated rings. The summed E-state index contributed by atoms with van der Waals surface area (Å²) in [5.41, 5.74) is 2.87. The van der Waals surface area contributed by atoms with Gasteiger partial charge in [-0.3, -0.25) is 14.4 Å². The molecule has 4 heterocycles. The predicted octanol–water partition coefficient (Wildman–Crippen LogP) is 2.30. The molecule has 7 nitrogen and oxygen atoms in total. The number of likely N-dealkylation sites (tertiary alicyclic amines) is 1. The molecule has 3 amide bonds. The molecular formula is C27H33N3O4S. The van der Waals surface area contributed by atoms with Gasteiger partial charge in [0.15, 0.2) is 0 Å². The van der Waals surface area contributed by atoms with E-state index in [1.807, 2.05) is 63.3 Å². The Balaban J connectivity index is 1.67. The first-order chi connectivity index (χ1) is 16.7. The summed E-state index contributed by atoms with van der Waals surface area (Å²) in [6, 6.07) is 4.76. The molecule has 0 saturated carbocycles. The summed E-state index contributed by atoms with van der Waals surface area (Å²) in [4.78, 5) is 47.1. The number of carbonyl (C=O) groups excluding carboxylic acids is 3. The fourth-order valence-electron chi connectivity index (χ4n) is 6.24. The standard InChI is InChI=1S/C27H33N3O4S/c1-5-18(15-31)30-23-26(34)29(19-14-16(2)9-10-17(19)3)13-7-11-27(23)22(25(30)33)21-20(35-27)8-6-12-28(4)24(21)32/h6-11,14,18,20-23,31H,5,12-13,15H2,1-4H3/t18-,20+,21-,22-,23?,27-/m0/s1. The summed E-state index contributed by atoms with van der Waals surface area (Å²) in [6.45, 7) is 6.57. The Labute approximate surface area is 210 Å². The van der Waals surface area contributed by atoms with E-state index in [2.05, 4.69) is 0 Å². The summed E-state index contributed by atoms with van der Waals surface area (Å²) in [5.74, 6) is -1.60. The van der Waals surface area contributed by atoms with Crippen molar-refractivity contribution >= 4 is 35.2 Å². The van der Waals surface area contributed by atoms with Crippen LogP contribution in [0.1, 0.15) is 24.5 Å². The first-order valence-corrected chi connectivity index (χ1v) is 13.2. The molecule has 1 aromatic carbocycles. The highest BCUT2D eigenvalue weighted by Gasteiger charge is 2.71. The number of likely N-dealkylation sites (N-methyl/N-ethyl adjacent to an activating group) is 1. The van der Waals surface area contributed by atoms with Gasteiger partial charge in [0.1, 0.15) is 6.04 Å². The average Bonchev–Trinajstić information content (AvgIpc) is 3.16. The lowest BCUT2D eigenvalue weighted by atomic mass is 9.78. The van der Waals surface area contributed by atoms with Gasteiger partial charge in [0, 0.05) is 31.1 Å². The number of hydrogen-bond acceptors (Lipinski definition) is 5. The van der Waals surface area contributed by atoms with Gasteiger partial charge in [-0.15, -0.1) is 11.8 Å². The monoisotopic (exact) mass is 495 g/mol. The fourth-order valence-corrected chi connectivity index (χ4v) is 8.23. The number of anilines is 1. The summed E-state index contributed by atoms with van der Waals surface area (Å²) in [5, 5.41) is 10.0. The Morgan fingerprint density at radius 1 is 1.11 bits per heavy atom. The van der Waals surface area contributed by atoms with Gasteiger partial charge in [-0.05, 0) is 37.5 Å². The molecule has 1 unspecified atom stereocenters. The first-order valence-electron chi connectivity index (χ1n) is 12.3. The molecule has 8 heteroatoms. The lowest BCUT2D eigenvalue weighted by Gasteiger charge is -2.38. The van der Waals surface area contributed by atoms with Crippen LogP contribution < -0.4 is 4.90 Å². The van der Waals surface area contributed by atoms with Crippen molar-refractivity contribution in [2.45, 2.75) is 49.3 Å². The van der Waals surface area contributed by atoms with Crippen LogP contribution in [0.25, 0.3) is 0 Å². The van der Waals surface area contributed by atoms with E-state index in [0.717, 1.165) is 16.8 Å². The van der Waals surface area contributed by atoms with E-state index in [1.54, 1.807) is 33.5 Å². The minimum atomic E-state index is -0.864. The third-order valence-corrected chi connectivity index (χ3v) is 9.77. The summed E-state index contributed by atoms with van der Waals surface area (Å²) < 4.78 is -0.864. The van der Waals surface area contributed by atoms with Gasteiger partial charge >= 0.3 is 0 Å². The van der Waals surface area contributed by atoms with Crippen molar-refractivity contribution in [3.8, 4) is 0 Å². The van der Waals surface area contributed by atoms with Gasteiger partial charge in [0.25, 0.3) is 5.91 Å². The van der Waals surface area contributed by atoms with E-state index in [-0.39, 0.29) is 29.6 Å². The molecule has 6 atom stereocenters. The Hall–Kier alpha value is -2.58. The Morgan fingerprint density at radius 3 is 2.60 bits per heavy atom. The van der Waals surface area contributed by atoms with Crippen LogP contribution in [0.15, 0.2) is 42.5 Å². The minimum absolute atomic E-state index is 0.0585. The van der Waals surface area contributed by atoms with Crippen LogP contribution in [0.4, 0.5) is 5.69 Å². The minimum Gasteiger partial charge on any atom is -0.394 e. The smallest absolute Gasteiger partial charge is 0.251 e. The average molecular weight is 496 g/mol. The number of fused-ring (bicyclic) bond motifs is 2. The molecule has 4 aliphatic rings. The van der Waals surface area contributed by atoms with Crippen LogP contribution in [0.3, 0.4) is 0 Å².